The molecule has 0 aliphatic rings. The zero-order valence-corrected chi connectivity index (χ0v) is 11.6. The van der Waals surface area contributed by atoms with E-state index in [2.05, 4.69) is 5.32 Å². The van der Waals surface area contributed by atoms with Crippen molar-refractivity contribution in [2.75, 3.05) is 5.32 Å². The molecule has 3 nitrogen and oxygen atoms in total. The third kappa shape index (κ3) is 3.19. The molecule has 0 atom stereocenters. The molecule has 0 aliphatic carbocycles. The van der Waals surface area contributed by atoms with Crippen LogP contribution in [0.1, 0.15) is 15.9 Å². The molecule has 0 radical (unpaired) electrons. The SMILES string of the molecule is Cc1ccc(Cl)c(Nc2ccc(Cl)cc2C(=O)O)c1. The average molecular weight is 296 g/mol. The number of halogens is 2. The molecule has 0 heterocycles. The summed E-state index contributed by atoms with van der Waals surface area (Å²) >= 11 is 11.9. The first-order chi connectivity index (χ1) is 8.97. The Morgan fingerprint density at radius 2 is 1.84 bits per heavy atom. The van der Waals surface area contributed by atoms with E-state index in [1.807, 2.05) is 19.1 Å². The van der Waals surface area contributed by atoms with Gasteiger partial charge in [-0.15, -0.1) is 0 Å². The van der Waals surface area contributed by atoms with Crippen LogP contribution in [0.2, 0.25) is 10.0 Å². The standard InChI is InChI=1S/C14H11Cl2NO2/c1-8-2-4-11(16)13(6-8)17-12-5-3-9(15)7-10(12)14(18)19/h2-7,17H,1H3,(H,18,19). The van der Waals surface area contributed by atoms with Gasteiger partial charge in [0.15, 0.2) is 0 Å². The largest absolute Gasteiger partial charge is 0.478 e. The molecule has 0 bridgehead atoms. The summed E-state index contributed by atoms with van der Waals surface area (Å²) in [7, 11) is 0. The summed E-state index contributed by atoms with van der Waals surface area (Å²) in [4.78, 5) is 11.2. The summed E-state index contributed by atoms with van der Waals surface area (Å²) in [5.74, 6) is -1.05. The van der Waals surface area contributed by atoms with Crippen molar-refractivity contribution in [1.82, 2.24) is 0 Å². The van der Waals surface area contributed by atoms with E-state index in [4.69, 9.17) is 28.3 Å². The number of carboxylic acid groups (broad SMARTS) is 1. The van der Waals surface area contributed by atoms with Crippen molar-refractivity contribution in [2.24, 2.45) is 0 Å². The molecule has 0 saturated carbocycles. The predicted molar refractivity (Wildman–Crippen MR) is 77.9 cm³/mol. The Morgan fingerprint density at radius 3 is 2.53 bits per heavy atom. The van der Waals surface area contributed by atoms with Crippen LogP contribution in [0.15, 0.2) is 36.4 Å². The minimum absolute atomic E-state index is 0.102. The second-order valence-corrected chi connectivity index (χ2v) is 4.95. The molecule has 0 amide bonds. The van der Waals surface area contributed by atoms with Crippen LogP contribution >= 0.6 is 23.2 Å². The van der Waals surface area contributed by atoms with Gasteiger partial charge < -0.3 is 10.4 Å². The molecule has 0 aromatic heterocycles. The van der Waals surface area contributed by atoms with Crippen molar-refractivity contribution >= 4 is 40.5 Å². The van der Waals surface area contributed by atoms with Gasteiger partial charge in [0.1, 0.15) is 0 Å². The molecular formula is C14H11Cl2NO2. The summed E-state index contributed by atoms with van der Waals surface area (Å²) in [5, 5.41) is 13.1. The fraction of sp³-hybridized carbons (Fsp3) is 0.0714. The van der Waals surface area contributed by atoms with Crippen LogP contribution in [0.25, 0.3) is 0 Å². The molecule has 0 fully saturated rings. The molecule has 5 heteroatoms. The van der Waals surface area contributed by atoms with Gasteiger partial charge in [-0.25, -0.2) is 4.79 Å². The van der Waals surface area contributed by atoms with Gasteiger partial charge in [-0.3, -0.25) is 0 Å². The van der Waals surface area contributed by atoms with Crippen LogP contribution < -0.4 is 5.32 Å². The third-order valence-corrected chi connectivity index (χ3v) is 3.17. The first-order valence-corrected chi connectivity index (χ1v) is 6.29. The molecule has 0 unspecified atom stereocenters. The number of hydrogen-bond donors (Lipinski definition) is 2. The van der Waals surface area contributed by atoms with Crippen molar-refractivity contribution in [3.63, 3.8) is 0 Å². The lowest BCUT2D eigenvalue weighted by molar-refractivity contribution is 0.0698. The highest BCUT2D eigenvalue weighted by Crippen LogP contribution is 2.29. The first kappa shape index (κ1) is 13.7. The fourth-order valence-electron chi connectivity index (χ4n) is 1.68. The van der Waals surface area contributed by atoms with Gasteiger partial charge >= 0.3 is 5.97 Å². The van der Waals surface area contributed by atoms with Crippen molar-refractivity contribution in [1.29, 1.82) is 0 Å². The van der Waals surface area contributed by atoms with E-state index in [9.17, 15) is 4.79 Å². The Bertz CT molecular complexity index is 641. The summed E-state index contributed by atoms with van der Waals surface area (Å²) in [5.41, 5.74) is 2.23. The van der Waals surface area contributed by atoms with Crippen molar-refractivity contribution in [3.8, 4) is 0 Å². The summed E-state index contributed by atoms with van der Waals surface area (Å²) in [6.45, 7) is 1.93. The van der Waals surface area contributed by atoms with Crippen LogP contribution in [0.4, 0.5) is 11.4 Å². The highest BCUT2D eigenvalue weighted by atomic mass is 35.5. The molecule has 19 heavy (non-hydrogen) atoms. The first-order valence-electron chi connectivity index (χ1n) is 5.53. The number of hydrogen-bond acceptors (Lipinski definition) is 2. The zero-order chi connectivity index (χ0) is 14.0. The highest BCUT2D eigenvalue weighted by Gasteiger charge is 2.12. The lowest BCUT2D eigenvalue weighted by Gasteiger charge is -2.12. The Morgan fingerprint density at radius 1 is 1.11 bits per heavy atom. The quantitative estimate of drug-likeness (QED) is 0.859. The number of carbonyl (C=O) groups is 1. The van der Waals surface area contributed by atoms with Gasteiger partial charge in [-0.1, -0.05) is 29.3 Å². The molecule has 98 valence electrons. The van der Waals surface area contributed by atoms with Crippen LogP contribution in [-0.4, -0.2) is 11.1 Å². The van der Waals surface area contributed by atoms with Gasteiger partial charge in [0.2, 0.25) is 0 Å². The number of benzene rings is 2. The number of aryl methyl sites for hydroxylation is 1. The van der Waals surface area contributed by atoms with Crippen LogP contribution in [0.3, 0.4) is 0 Å². The van der Waals surface area contributed by atoms with E-state index in [0.29, 0.717) is 21.4 Å². The Kier molecular flexibility index (Phi) is 3.98. The molecule has 0 aliphatic heterocycles. The summed E-state index contributed by atoms with van der Waals surface area (Å²) in [6, 6.07) is 10.1. The fourth-order valence-corrected chi connectivity index (χ4v) is 2.02. The summed E-state index contributed by atoms with van der Waals surface area (Å²) < 4.78 is 0. The minimum Gasteiger partial charge on any atom is -0.478 e. The van der Waals surface area contributed by atoms with Crippen LogP contribution in [0, 0.1) is 6.92 Å². The molecule has 0 saturated heterocycles. The molecule has 2 rings (SSSR count). The second kappa shape index (κ2) is 5.51. The minimum atomic E-state index is -1.05. The molecule has 0 spiro atoms. The Labute approximate surface area is 120 Å². The highest BCUT2D eigenvalue weighted by molar-refractivity contribution is 6.33. The van der Waals surface area contributed by atoms with Crippen molar-refractivity contribution in [2.45, 2.75) is 6.92 Å². The van der Waals surface area contributed by atoms with E-state index in [0.717, 1.165) is 5.56 Å². The normalized spacial score (nSPS) is 10.3. The van der Waals surface area contributed by atoms with E-state index >= 15 is 0 Å². The maximum Gasteiger partial charge on any atom is 0.337 e. The van der Waals surface area contributed by atoms with Gasteiger partial charge in [0.25, 0.3) is 0 Å². The van der Waals surface area contributed by atoms with Crippen molar-refractivity contribution < 1.29 is 9.90 Å². The number of anilines is 2. The smallest absolute Gasteiger partial charge is 0.337 e. The van der Waals surface area contributed by atoms with Crippen LogP contribution in [0.5, 0.6) is 0 Å². The second-order valence-electron chi connectivity index (χ2n) is 4.10. The van der Waals surface area contributed by atoms with Gasteiger partial charge in [-0.05, 0) is 42.8 Å². The number of aromatic carboxylic acids is 1. The molecule has 2 N–H and O–H groups in total. The van der Waals surface area contributed by atoms with Crippen molar-refractivity contribution in [3.05, 3.63) is 57.6 Å². The van der Waals surface area contributed by atoms with E-state index < -0.39 is 5.97 Å². The molecule has 2 aromatic carbocycles. The number of nitrogens with one attached hydrogen (secondary N) is 1. The van der Waals surface area contributed by atoms with Gasteiger partial charge in [0, 0.05) is 5.02 Å². The van der Waals surface area contributed by atoms with E-state index in [1.165, 1.54) is 6.07 Å². The maximum absolute atomic E-state index is 11.2. The lowest BCUT2D eigenvalue weighted by atomic mass is 10.1. The molecular weight excluding hydrogens is 285 g/mol. The van der Waals surface area contributed by atoms with Gasteiger partial charge in [-0.2, -0.15) is 0 Å². The Hall–Kier alpha value is -1.71. The predicted octanol–water partition coefficient (Wildman–Crippen LogP) is 4.74. The van der Waals surface area contributed by atoms with Gasteiger partial charge in [0.05, 0.1) is 22.0 Å². The maximum atomic E-state index is 11.2. The third-order valence-electron chi connectivity index (χ3n) is 2.60. The zero-order valence-electron chi connectivity index (χ0n) is 10.1. The number of rotatable bonds is 3. The van der Waals surface area contributed by atoms with E-state index in [1.54, 1.807) is 18.2 Å². The average Bonchev–Trinajstić information content (AvgIpc) is 2.35. The van der Waals surface area contributed by atoms with Crippen LogP contribution in [-0.2, 0) is 0 Å². The lowest BCUT2D eigenvalue weighted by Crippen LogP contribution is -2.03. The topological polar surface area (TPSA) is 49.3 Å². The molecule has 2 aromatic rings. The Balaban J connectivity index is 2.43. The monoisotopic (exact) mass is 295 g/mol. The number of carboxylic acids is 1. The van der Waals surface area contributed by atoms with E-state index in [-0.39, 0.29) is 5.56 Å². The summed E-state index contributed by atoms with van der Waals surface area (Å²) in [6.07, 6.45) is 0.